The molecule has 220 valence electrons. The maximum Gasteiger partial charge on any atom is 0.226 e. The van der Waals surface area contributed by atoms with Crippen LogP contribution in [0, 0.1) is 0 Å². The predicted octanol–water partition coefficient (Wildman–Crippen LogP) is 4.80. The van der Waals surface area contributed by atoms with Crippen molar-refractivity contribution in [2.45, 2.75) is 52.0 Å². The van der Waals surface area contributed by atoms with E-state index >= 15 is 0 Å². The standard InChI is InChI=1S/C31H37N7O3S/c1-20-19-40-13-12-37(20)11-10-36(5)29-32-17-26-28(34-29)42-30-33-25(18-38(26)30)22-8-6-21(7-9-22)14-24(39)15-23-16-27(41-35-23)31(2,3)4/h6-9,16-18,20H,10-15,19H2,1-5H3/t20-/m1/s1. The summed E-state index contributed by atoms with van der Waals surface area (Å²) in [5.41, 5.74) is 4.32. The number of carbonyl (C=O) groups is 1. The van der Waals surface area contributed by atoms with Crippen molar-refractivity contribution in [3.05, 3.63) is 59.7 Å². The lowest BCUT2D eigenvalue weighted by molar-refractivity contribution is -0.117. The smallest absolute Gasteiger partial charge is 0.226 e. The van der Waals surface area contributed by atoms with Crippen LogP contribution >= 0.6 is 11.3 Å². The average molecular weight is 588 g/mol. The third-order valence-corrected chi connectivity index (χ3v) is 8.71. The number of hydrogen-bond acceptors (Lipinski definition) is 10. The molecule has 0 unspecified atom stereocenters. The number of ether oxygens (including phenoxy) is 1. The zero-order chi connectivity index (χ0) is 29.4. The number of fused-ring (bicyclic) bond motifs is 3. The fourth-order valence-electron chi connectivity index (χ4n) is 5.11. The van der Waals surface area contributed by atoms with Gasteiger partial charge in [0.15, 0.2) is 4.96 Å². The summed E-state index contributed by atoms with van der Waals surface area (Å²) < 4.78 is 13.0. The van der Waals surface area contributed by atoms with Crippen molar-refractivity contribution in [3.63, 3.8) is 0 Å². The van der Waals surface area contributed by atoms with Gasteiger partial charge in [0.05, 0.1) is 37.2 Å². The molecule has 4 aromatic heterocycles. The van der Waals surface area contributed by atoms with Gasteiger partial charge in [-0.2, -0.15) is 0 Å². The Labute approximate surface area is 249 Å². The minimum atomic E-state index is -0.132. The zero-order valence-electron chi connectivity index (χ0n) is 24.8. The zero-order valence-corrected chi connectivity index (χ0v) is 25.6. The van der Waals surface area contributed by atoms with Gasteiger partial charge in [-0.25, -0.2) is 15.0 Å². The second kappa shape index (κ2) is 11.5. The van der Waals surface area contributed by atoms with Crippen LogP contribution in [0.3, 0.4) is 0 Å². The maximum absolute atomic E-state index is 12.7. The molecule has 1 aliphatic rings. The Morgan fingerprint density at radius 3 is 2.71 bits per heavy atom. The molecule has 42 heavy (non-hydrogen) atoms. The van der Waals surface area contributed by atoms with Crippen molar-refractivity contribution in [2.24, 2.45) is 0 Å². The van der Waals surface area contributed by atoms with Crippen LogP contribution in [0.25, 0.3) is 26.6 Å². The van der Waals surface area contributed by atoms with Gasteiger partial charge in [-0.05, 0) is 12.5 Å². The molecule has 1 aliphatic heterocycles. The van der Waals surface area contributed by atoms with Crippen LogP contribution in [-0.4, -0.2) is 81.1 Å². The Kier molecular flexibility index (Phi) is 7.82. The molecule has 1 saturated heterocycles. The molecule has 0 saturated carbocycles. The second-order valence-electron chi connectivity index (χ2n) is 12.1. The van der Waals surface area contributed by atoms with Crippen molar-refractivity contribution < 1.29 is 14.1 Å². The van der Waals surface area contributed by atoms with E-state index in [-0.39, 0.29) is 17.6 Å². The summed E-state index contributed by atoms with van der Waals surface area (Å²) in [6.07, 6.45) is 4.52. The lowest BCUT2D eigenvalue weighted by Gasteiger charge is -2.34. The van der Waals surface area contributed by atoms with Gasteiger partial charge >= 0.3 is 0 Å². The lowest BCUT2D eigenvalue weighted by Crippen LogP contribution is -2.46. The minimum absolute atomic E-state index is 0.103. The largest absolute Gasteiger partial charge is 0.379 e. The number of rotatable bonds is 9. The molecule has 10 nitrogen and oxygen atoms in total. The summed E-state index contributed by atoms with van der Waals surface area (Å²) >= 11 is 1.56. The minimum Gasteiger partial charge on any atom is -0.379 e. The molecule has 1 atom stereocenters. The first-order valence-electron chi connectivity index (χ1n) is 14.4. The third-order valence-electron chi connectivity index (χ3n) is 7.74. The first kappa shape index (κ1) is 28.4. The van der Waals surface area contributed by atoms with Crippen LogP contribution in [0.2, 0.25) is 0 Å². The molecule has 5 aromatic rings. The lowest BCUT2D eigenvalue weighted by atomic mass is 9.93. The van der Waals surface area contributed by atoms with Crippen LogP contribution in [0.1, 0.15) is 44.7 Å². The van der Waals surface area contributed by atoms with E-state index in [2.05, 4.69) is 52.0 Å². The SMILES string of the molecule is C[C@@H]1COCCN1CCN(C)c1ncc2c(n1)sc1nc(-c3ccc(CC(=O)Cc4cc(C(C)(C)C)on4)cc3)cn12. The van der Waals surface area contributed by atoms with Gasteiger partial charge in [-0.1, -0.05) is 61.5 Å². The van der Waals surface area contributed by atoms with E-state index in [9.17, 15) is 4.79 Å². The summed E-state index contributed by atoms with van der Waals surface area (Å²) in [6, 6.07) is 10.3. The van der Waals surface area contributed by atoms with E-state index < -0.39 is 0 Å². The second-order valence-corrected chi connectivity index (χ2v) is 13.1. The van der Waals surface area contributed by atoms with Crippen molar-refractivity contribution in [2.75, 3.05) is 44.8 Å². The van der Waals surface area contributed by atoms with Gasteiger partial charge < -0.3 is 14.2 Å². The molecule has 1 fully saturated rings. The van der Waals surface area contributed by atoms with Crippen molar-refractivity contribution >= 4 is 38.4 Å². The van der Waals surface area contributed by atoms with E-state index in [4.69, 9.17) is 19.2 Å². The van der Waals surface area contributed by atoms with E-state index in [1.807, 2.05) is 49.8 Å². The first-order valence-corrected chi connectivity index (χ1v) is 15.2. The van der Waals surface area contributed by atoms with Crippen LogP contribution in [0.4, 0.5) is 5.95 Å². The first-order chi connectivity index (χ1) is 20.1. The third kappa shape index (κ3) is 6.08. The molecule has 6 rings (SSSR count). The number of carbonyl (C=O) groups excluding carboxylic acids is 1. The van der Waals surface area contributed by atoms with Gasteiger partial charge in [0.1, 0.15) is 21.9 Å². The highest BCUT2D eigenvalue weighted by Crippen LogP contribution is 2.29. The summed E-state index contributed by atoms with van der Waals surface area (Å²) in [7, 11) is 2.04. The van der Waals surface area contributed by atoms with Crippen LogP contribution in [0.15, 0.2) is 47.2 Å². The molecular formula is C31H37N7O3S. The fourth-order valence-corrected chi connectivity index (χ4v) is 6.06. The molecule has 0 spiro atoms. The number of aromatic nitrogens is 5. The topological polar surface area (TPSA) is 102 Å². The number of thiazole rings is 1. The van der Waals surface area contributed by atoms with E-state index in [0.717, 1.165) is 76.7 Å². The molecule has 11 heteroatoms. The number of imidazole rings is 1. The highest BCUT2D eigenvalue weighted by Gasteiger charge is 2.21. The number of benzene rings is 1. The molecular weight excluding hydrogens is 550 g/mol. The van der Waals surface area contributed by atoms with Crippen LogP contribution in [-0.2, 0) is 27.8 Å². The monoisotopic (exact) mass is 587 g/mol. The van der Waals surface area contributed by atoms with Gasteiger partial charge in [0.2, 0.25) is 5.95 Å². The van der Waals surface area contributed by atoms with Crippen molar-refractivity contribution in [1.82, 2.24) is 29.4 Å². The summed E-state index contributed by atoms with van der Waals surface area (Å²) in [6.45, 7) is 12.7. The Hall–Kier alpha value is -3.67. The Morgan fingerprint density at radius 2 is 1.98 bits per heavy atom. The fraction of sp³-hybridized carbons (Fsp3) is 0.452. The van der Waals surface area contributed by atoms with Gasteiger partial charge in [-0.15, -0.1) is 0 Å². The molecule has 1 aromatic carbocycles. The number of Topliss-reactive ketones (excluding diaryl/α,β-unsaturated/α-hetero) is 1. The summed E-state index contributed by atoms with van der Waals surface area (Å²) in [5.74, 6) is 1.61. The quantitative estimate of drug-likeness (QED) is 0.241. The highest BCUT2D eigenvalue weighted by molar-refractivity contribution is 7.23. The molecule has 5 heterocycles. The normalized spacial score (nSPS) is 16.5. The molecule has 0 bridgehead atoms. The van der Waals surface area contributed by atoms with E-state index in [1.165, 1.54) is 0 Å². The number of ketones is 1. The molecule has 0 aliphatic carbocycles. The number of anilines is 1. The molecule has 0 N–H and O–H groups in total. The summed E-state index contributed by atoms with van der Waals surface area (Å²) in [5, 5.41) is 4.07. The number of hydrogen-bond donors (Lipinski definition) is 0. The Bertz CT molecular complexity index is 1700. The number of likely N-dealkylation sites (N-methyl/N-ethyl adjacent to an activating group) is 1. The average Bonchev–Trinajstić information content (AvgIpc) is 3.67. The molecule has 0 amide bonds. The van der Waals surface area contributed by atoms with Crippen LogP contribution < -0.4 is 4.90 Å². The van der Waals surface area contributed by atoms with Crippen molar-refractivity contribution in [1.29, 1.82) is 0 Å². The number of morpholine rings is 1. The van der Waals surface area contributed by atoms with E-state index in [1.54, 1.807) is 11.3 Å². The summed E-state index contributed by atoms with van der Waals surface area (Å²) in [4.78, 5) is 33.4. The maximum atomic E-state index is 12.7. The Morgan fingerprint density at radius 1 is 1.17 bits per heavy atom. The van der Waals surface area contributed by atoms with Gasteiger partial charge in [0.25, 0.3) is 0 Å². The van der Waals surface area contributed by atoms with Gasteiger partial charge in [-0.3, -0.25) is 14.1 Å². The van der Waals surface area contributed by atoms with Gasteiger partial charge in [0, 0.05) is 62.4 Å². The number of nitrogens with zero attached hydrogens (tertiary/aromatic N) is 7. The Balaban J connectivity index is 1.10. The van der Waals surface area contributed by atoms with E-state index in [0.29, 0.717) is 18.2 Å². The van der Waals surface area contributed by atoms with Crippen LogP contribution in [0.5, 0.6) is 0 Å². The van der Waals surface area contributed by atoms with Crippen molar-refractivity contribution in [3.8, 4) is 11.3 Å². The predicted molar refractivity (Wildman–Crippen MR) is 164 cm³/mol. The highest BCUT2D eigenvalue weighted by atomic mass is 32.1. The molecule has 0 radical (unpaired) electrons.